The minimum atomic E-state index is -1.38. The second-order valence-electron chi connectivity index (χ2n) is 5.99. The summed E-state index contributed by atoms with van der Waals surface area (Å²) in [5.41, 5.74) is -0.375. The van der Waals surface area contributed by atoms with Crippen LogP contribution in [-0.2, 0) is 23.9 Å². The van der Waals surface area contributed by atoms with E-state index >= 15 is 0 Å². The predicted octanol–water partition coefficient (Wildman–Crippen LogP) is 2.34. The fraction of sp³-hybridized carbons (Fsp3) is 0.294. The number of rotatable bonds is 6. The molecule has 2 aliphatic heterocycles. The van der Waals surface area contributed by atoms with E-state index in [1.165, 1.54) is 23.5 Å². The molecule has 3 rings (SSSR count). The van der Waals surface area contributed by atoms with E-state index in [9.17, 15) is 24.3 Å². The highest BCUT2D eigenvalue weighted by Crippen LogP contribution is 2.40. The zero-order valence-electron chi connectivity index (χ0n) is 14.8. The number of carbonyl (C=O) groups is 4. The van der Waals surface area contributed by atoms with E-state index in [1.807, 2.05) is 0 Å². The smallest absolute Gasteiger partial charge is 0.356 e. The molecule has 1 aromatic carbocycles. The summed E-state index contributed by atoms with van der Waals surface area (Å²) in [5.74, 6) is -3.03. The van der Waals surface area contributed by atoms with E-state index in [0.717, 1.165) is 11.8 Å². The Morgan fingerprint density at radius 1 is 1.38 bits per heavy atom. The van der Waals surface area contributed by atoms with E-state index in [0.29, 0.717) is 14.9 Å². The lowest BCUT2D eigenvalue weighted by Gasteiger charge is -2.48. The molecule has 0 aliphatic carbocycles. The number of halogens is 2. The summed E-state index contributed by atoms with van der Waals surface area (Å²) in [7, 11) is 0. The van der Waals surface area contributed by atoms with Crippen LogP contribution in [-0.4, -0.2) is 56.7 Å². The number of aliphatic carboxylic acids is 1. The molecule has 0 saturated carbocycles. The standard InChI is InChI=1S/C17H14Cl2N2O6S2/c1-7(22)27-10-5-29-16-13(15(24)21(16)14(10)17(25)26)20-12(23)6-28-11-4-8(18)2-3-9(11)19/h2-4,13,16H,5-6H2,1H3,(H,20,23)(H,25,26)/t13?,16-/m1/s1. The fourth-order valence-electron chi connectivity index (χ4n) is 2.79. The number of carboxylic acids is 1. The maximum Gasteiger partial charge on any atom is 0.356 e. The van der Waals surface area contributed by atoms with Crippen LogP contribution in [0, 0.1) is 0 Å². The number of β-lactam (4-membered cyclic amide) rings is 1. The highest BCUT2D eigenvalue weighted by atomic mass is 35.5. The zero-order chi connectivity index (χ0) is 21.3. The van der Waals surface area contributed by atoms with Gasteiger partial charge < -0.3 is 15.2 Å². The first kappa shape index (κ1) is 21.8. The van der Waals surface area contributed by atoms with E-state index < -0.39 is 35.2 Å². The van der Waals surface area contributed by atoms with Crippen LogP contribution in [0.1, 0.15) is 6.92 Å². The number of thioether (sulfide) groups is 2. The van der Waals surface area contributed by atoms with Crippen LogP contribution in [0.2, 0.25) is 10.0 Å². The van der Waals surface area contributed by atoms with Gasteiger partial charge in [0, 0.05) is 16.8 Å². The number of esters is 1. The molecular weight excluding hydrogens is 463 g/mol. The number of nitrogens with one attached hydrogen (secondary N) is 1. The Hall–Kier alpha value is -1.88. The maximum atomic E-state index is 12.5. The van der Waals surface area contributed by atoms with Crippen LogP contribution in [0.25, 0.3) is 0 Å². The third-order valence-electron chi connectivity index (χ3n) is 3.97. The summed E-state index contributed by atoms with van der Waals surface area (Å²) >= 11 is 14.4. The molecule has 154 valence electrons. The summed E-state index contributed by atoms with van der Waals surface area (Å²) in [6.07, 6.45) is 0. The monoisotopic (exact) mass is 476 g/mol. The number of hydrogen-bond acceptors (Lipinski definition) is 7. The Labute approximate surface area is 183 Å². The third-order valence-corrected chi connectivity index (χ3v) is 6.96. The molecule has 8 nitrogen and oxygen atoms in total. The lowest BCUT2D eigenvalue weighted by molar-refractivity contribution is -0.151. The van der Waals surface area contributed by atoms with Crippen LogP contribution < -0.4 is 5.32 Å². The van der Waals surface area contributed by atoms with Crippen molar-refractivity contribution in [2.24, 2.45) is 0 Å². The Morgan fingerprint density at radius 3 is 2.76 bits per heavy atom. The van der Waals surface area contributed by atoms with Gasteiger partial charge in [-0.3, -0.25) is 19.3 Å². The van der Waals surface area contributed by atoms with Gasteiger partial charge >= 0.3 is 11.9 Å². The number of amides is 2. The van der Waals surface area contributed by atoms with Gasteiger partial charge in [0.15, 0.2) is 5.70 Å². The van der Waals surface area contributed by atoms with Crippen LogP contribution in [0.5, 0.6) is 0 Å². The van der Waals surface area contributed by atoms with Gasteiger partial charge in [0.05, 0.1) is 16.5 Å². The molecule has 2 atom stereocenters. The molecular formula is C17H14Cl2N2O6S2. The summed E-state index contributed by atoms with van der Waals surface area (Å²) in [6, 6.07) is 4.02. The summed E-state index contributed by atoms with van der Waals surface area (Å²) in [5, 5.41) is 12.4. The van der Waals surface area contributed by atoms with Gasteiger partial charge in [0.25, 0.3) is 5.91 Å². The van der Waals surface area contributed by atoms with Gasteiger partial charge in [-0.1, -0.05) is 23.2 Å². The molecule has 1 unspecified atom stereocenters. The lowest BCUT2D eigenvalue weighted by atomic mass is 10.0. The normalized spacial score (nSPS) is 20.7. The molecule has 1 fully saturated rings. The molecule has 12 heteroatoms. The first-order chi connectivity index (χ1) is 13.7. The average molecular weight is 477 g/mol. The number of nitrogens with zero attached hydrogens (tertiary/aromatic N) is 1. The van der Waals surface area contributed by atoms with Crippen LogP contribution >= 0.6 is 46.7 Å². The molecule has 0 aromatic heterocycles. The van der Waals surface area contributed by atoms with Crippen molar-refractivity contribution >= 4 is 70.5 Å². The van der Waals surface area contributed by atoms with Crippen molar-refractivity contribution in [3.63, 3.8) is 0 Å². The van der Waals surface area contributed by atoms with Crippen molar-refractivity contribution in [1.29, 1.82) is 0 Å². The Kier molecular flexibility index (Phi) is 6.67. The first-order valence-electron chi connectivity index (χ1n) is 8.15. The van der Waals surface area contributed by atoms with E-state index in [2.05, 4.69) is 5.32 Å². The Balaban J connectivity index is 1.64. The first-order valence-corrected chi connectivity index (χ1v) is 10.9. The molecule has 2 aliphatic rings. The van der Waals surface area contributed by atoms with Gasteiger partial charge in [0.1, 0.15) is 17.2 Å². The highest BCUT2D eigenvalue weighted by Gasteiger charge is 2.54. The van der Waals surface area contributed by atoms with Gasteiger partial charge in [-0.15, -0.1) is 23.5 Å². The minimum Gasteiger partial charge on any atom is -0.476 e. The van der Waals surface area contributed by atoms with E-state index in [4.69, 9.17) is 27.9 Å². The van der Waals surface area contributed by atoms with Crippen LogP contribution in [0.3, 0.4) is 0 Å². The summed E-state index contributed by atoms with van der Waals surface area (Å²) in [6.45, 7) is 1.15. The second kappa shape index (κ2) is 8.86. The average Bonchev–Trinajstić information content (AvgIpc) is 2.65. The molecule has 2 heterocycles. The largest absolute Gasteiger partial charge is 0.476 e. The number of hydrogen-bond donors (Lipinski definition) is 2. The van der Waals surface area contributed by atoms with Crippen molar-refractivity contribution in [1.82, 2.24) is 10.2 Å². The summed E-state index contributed by atoms with van der Waals surface area (Å²) < 4.78 is 4.92. The van der Waals surface area contributed by atoms with Gasteiger partial charge in [-0.05, 0) is 18.2 Å². The number of ether oxygens (including phenoxy) is 1. The zero-order valence-corrected chi connectivity index (χ0v) is 18.0. The molecule has 2 amide bonds. The third kappa shape index (κ3) is 4.66. The van der Waals surface area contributed by atoms with Crippen molar-refractivity contribution in [2.75, 3.05) is 11.5 Å². The van der Waals surface area contributed by atoms with Crippen molar-refractivity contribution in [3.05, 3.63) is 39.7 Å². The van der Waals surface area contributed by atoms with Gasteiger partial charge in [-0.2, -0.15) is 0 Å². The number of benzene rings is 1. The SMILES string of the molecule is CC(=O)OC1=C(C(=O)O)N2C(=O)C(NC(=O)CSc3cc(Cl)ccc3Cl)[C@H]2SC1. The topological polar surface area (TPSA) is 113 Å². The number of carboxylic acid groups (broad SMARTS) is 1. The van der Waals surface area contributed by atoms with Gasteiger partial charge in [-0.25, -0.2) is 4.79 Å². The van der Waals surface area contributed by atoms with E-state index in [1.54, 1.807) is 18.2 Å². The van der Waals surface area contributed by atoms with E-state index in [-0.39, 0.29) is 23.0 Å². The van der Waals surface area contributed by atoms with Gasteiger partial charge in [0.2, 0.25) is 5.91 Å². The summed E-state index contributed by atoms with van der Waals surface area (Å²) in [4.78, 5) is 49.1. The quantitative estimate of drug-likeness (QED) is 0.365. The Bertz CT molecular complexity index is 938. The van der Waals surface area contributed by atoms with Crippen LogP contribution in [0.15, 0.2) is 34.6 Å². The van der Waals surface area contributed by atoms with Crippen molar-refractivity contribution < 1.29 is 29.0 Å². The van der Waals surface area contributed by atoms with Crippen molar-refractivity contribution in [2.45, 2.75) is 23.2 Å². The van der Waals surface area contributed by atoms with Crippen molar-refractivity contribution in [3.8, 4) is 0 Å². The Morgan fingerprint density at radius 2 is 2.10 bits per heavy atom. The molecule has 0 bridgehead atoms. The molecule has 2 N–H and O–H groups in total. The number of carbonyl (C=O) groups excluding carboxylic acids is 3. The second-order valence-corrected chi connectivity index (χ2v) is 8.95. The van der Waals surface area contributed by atoms with Crippen LogP contribution in [0.4, 0.5) is 0 Å². The number of fused-ring (bicyclic) bond motifs is 1. The molecule has 0 radical (unpaired) electrons. The molecule has 1 aromatic rings. The molecule has 0 spiro atoms. The predicted molar refractivity (Wildman–Crippen MR) is 109 cm³/mol. The highest BCUT2D eigenvalue weighted by molar-refractivity contribution is 8.00. The maximum absolute atomic E-state index is 12.5. The molecule has 1 saturated heterocycles. The fourth-order valence-corrected chi connectivity index (χ4v) is 5.35. The minimum absolute atomic E-state index is 0.00154. The lowest BCUT2D eigenvalue weighted by Crippen LogP contribution is -2.70. The molecule has 29 heavy (non-hydrogen) atoms.